The number of thiophene rings is 1. The van der Waals surface area contributed by atoms with Gasteiger partial charge in [-0.25, -0.2) is 4.39 Å². The van der Waals surface area contributed by atoms with Gasteiger partial charge in [-0.15, -0.1) is 11.3 Å². The first-order chi connectivity index (χ1) is 7.70. The molecule has 2 aromatic rings. The van der Waals surface area contributed by atoms with Crippen LogP contribution in [0.15, 0.2) is 30.3 Å². The molecule has 3 heteroatoms. The summed E-state index contributed by atoms with van der Waals surface area (Å²) in [5.74, 6) is -0.173. The molecule has 1 nitrogen and oxygen atoms in total. The maximum absolute atomic E-state index is 13.0. The second-order valence-electron chi connectivity index (χ2n) is 3.76. The van der Waals surface area contributed by atoms with Crippen LogP contribution in [0.2, 0.25) is 0 Å². The third-order valence-corrected chi connectivity index (χ3v) is 3.59. The molecule has 1 N–H and O–H groups in total. The van der Waals surface area contributed by atoms with Gasteiger partial charge in [0.2, 0.25) is 0 Å². The summed E-state index contributed by atoms with van der Waals surface area (Å²) in [6, 6.07) is 9.14. The molecule has 16 heavy (non-hydrogen) atoms. The normalized spacial score (nSPS) is 10.7. The van der Waals surface area contributed by atoms with E-state index in [4.69, 9.17) is 0 Å². The molecule has 0 amide bonds. The van der Waals surface area contributed by atoms with Crippen LogP contribution in [0.25, 0.3) is 10.4 Å². The lowest BCUT2D eigenvalue weighted by Gasteiger charge is -2.02. The molecule has 0 spiro atoms. The van der Waals surface area contributed by atoms with Crippen molar-refractivity contribution in [3.63, 3.8) is 0 Å². The van der Waals surface area contributed by atoms with Crippen molar-refractivity contribution in [2.75, 3.05) is 7.05 Å². The third-order valence-electron chi connectivity index (χ3n) is 2.47. The Balaban J connectivity index is 2.35. The van der Waals surface area contributed by atoms with Gasteiger partial charge < -0.3 is 5.32 Å². The highest BCUT2D eigenvalue weighted by Gasteiger charge is 2.06. The molecule has 2 rings (SSSR count). The Morgan fingerprint density at radius 1 is 1.25 bits per heavy atom. The Kier molecular flexibility index (Phi) is 3.36. The van der Waals surface area contributed by atoms with E-state index in [-0.39, 0.29) is 5.82 Å². The highest BCUT2D eigenvalue weighted by molar-refractivity contribution is 7.15. The van der Waals surface area contributed by atoms with Gasteiger partial charge in [-0.3, -0.25) is 0 Å². The molecule has 1 heterocycles. The van der Waals surface area contributed by atoms with Gasteiger partial charge in [0, 0.05) is 16.3 Å². The average Bonchev–Trinajstić information content (AvgIpc) is 2.67. The minimum absolute atomic E-state index is 0.173. The summed E-state index contributed by atoms with van der Waals surface area (Å²) < 4.78 is 13.0. The summed E-state index contributed by atoms with van der Waals surface area (Å²) in [6.45, 7) is 2.82. The van der Waals surface area contributed by atoms with Crippen LogP contribution in [0.4, 0.5) is 4.39 Å². The minimum Gasteiger partial charge on any atom is -0.315 e. The standard InChI is InChI=1S/C13H14FNS/c1-9-7-10(14)3-5-12(9)13-6-4-11(16-13)8-15-2/h3-7,15H,8H2,1-2H3. The average molecular weight is 235 g/mol. The number of benzene rings is 1. The van der Waals surface area contributed by atoms with Gasteiger partial charge in [0.05, 0.1) is 0 Å². The molecule has 1 aromatic carbocycles. The smallest absolute Gasteiger partial charge is 0.123 e. The van der Waals surface area contributed by atoms with Crippen LogP contribution in [-0.4, -0.2) is 7.05 Å². The van der Waals surface area contributed by atoms with Crippen LogP contribution in [0.1, 0.15) is 10.4 Å². The molecule has 0 aliphatic rings. The van der Waals surface area contributed by atoms with Crippen molar-refractivity contribution < 1.29 is 4.39 Å². The molecule has 0 bridgehead atoms. The lowest BCUT2D eigenvalue weighted by atomic mass is 10.1. The zero-order chi connectivity index (χ0) is 11.5. The molecular formula is C13H14FNS. The van der Waals surface area contributed by atoms with E-state index in [1.54, 1.807) is 17.4 Å². The van der Waals surface area contributed by atoms with E-state index in [1.807, 2.05) is 20.0 Å². The first-order valence-corrected chi connectivity index (χ1v) is 6.02. The molecule has 0 saturated heterocycles. The number of hydrogen-bond donors (Lipinski definition) is 1. The Labute approximate surface area is 98.9 Å². The van der Waals surface area contributed by atoms with Gasteiger partial charge in [0.25, 0.3) is 0 Å². The fourth-order valence-electron chi connectivity index (χ4n) is 1.70. The predicted octanol–water partition coefficient (Wildman–Crippen LogP) is 3.58. The Morgan fingerprint density at radius 2 is 2.06 bits per heavy atom. The SMILES string of the molecule is CNCc1ccc(-c2ccc(F)cc2C)s1. The Hall–Kier alpha value is -1.19. The number of aryl methyl sites for hydroxylation is 1. The third kappa shape index (κ3) is 2.31. The number of hydrogen-bond acceptors (Lipinski definition) is 2. The Bertz CT molecular complexity index is 490. The number of nitrogens with one attached hydrogen (secondary N) is 1. The van der Waals surface area contributed by atoms with E-state index >= 15 is 0 Å². The van der Waals surface area contributed by atoms with Crippen molar-refractivity contribution >= 4 is 11.3 Å². The van der Waals surface area contributed by atoms with Crippen LogP contribution in [0, 0.1) is 12.7 Å². The van der Waals surface area contributed by atoms with Gasteiger partial charge >= 0.3 is 0 Å². The summed E-state index contributed by atoms with van der Waals surface area (Å²) in [6.07, 6.45) is 0. The molecule has 0 saturated carbocycles. The zero-order valence-corrected chi connectivity index (χ0v) is 10.2. The molecule has 1 aromatic heterocycles. The van der Waals surface area contributed by atoms with Gasteiger partial charge in [-0.05, 0) is 49.4 Å². The quantitative estimate of drug-likeness (QED) is 0.857. The van der Waals surface area contributed by atoms with E-state index in [0.29, 0.717) is 0 Å². The molecule has 0 fully saturated rings. The lowest BCUT2D eigenvalue weighted by Crippen LogP contribution is -2.02. The van der Waals surface area contributed by atoms with Crippen molar-refractivity contribution in [3.8, 4) is 10.4 Å². The van der Waals surface area contributed by atoms with Crippen molar-refractivity contribution in [1.29, 1.82) is 0 Å². The molecule has 0 unspecified atom stereocenters. The second-order valence-corrected chi connectivity index (χ2v) is 4.92. The zero-order valence-electron chi connectivity index (χ0n) is 9.38. The van der Waals surface area contributed by atoms with E-state index in [2.05, 4.69) is 17.4 Å². The van der Waals surface area contributed by atoms with Crippen LogP contribution < -0.4 is 5.32 Å². The summed E-state index contributed by atoms with van der Waals surface area (Å²) in [5.41, 5.74) is 2.10. The summed E-state index contributed by atoms with van der Waals surface area (Å²) in [5, 5.41) is 3.12. The van der Waals surface area contributed by atoms with E-state index in [0.717, 1.165) is 17.7 Å². The summed E-state index contributed by atoms with van der Waals surface area (Å²) in [7, 11) is 1.93. The van der Waals surface area contributed by atoms with Crippen molar-refractivity contribution in [1.82, 2.24) is 5.32 Å². The number of rotatable bonds is 3. The maximum Gasteiger partial charge on any atom is 0.123 e. The van der Waals surface area contributed by atoms with Crippen molar-refractivity contribution in [2.45, 2.75) is 13.5 Å². The molecule has 84 valence electrons. The van der Waals surface area contributed by atoms with Gasteiger partial charge in [0.15, 0.2) is 0 Å². The lowest BCUT2D eigenvalue weighted by molar-refractivity contribution is 0.627. The second kappa shape index (κ2) is 4.76. The predicted molar refractivity (Wildman–Crippen MR) is 67.2 cm³/mol. The highest BCUT2D eigenvalue weighted by atomic mass is 32.1. The highest BCUT2D eigenvalue weighted by Crippen LogP contribution is 2.30. The molecule has 0 atom stereocenters. The fourth-order valence-corrected chi connectivity index (χ4v) is 2.81. The first kappa shape index (κ1) is 11.3. The van der Waals surface area contributed by atoms with Crippen LogP contribution in [-0.2, 0) is 6.54 Å². The number of halogens is 1. The summed E-state index contributed by atoms with van der Waals surface area (Å²) >= 11 is 1.75. The van der Waals surface area contributed by atoms with E-state index < -0.39 is 0 Å². The summed E-state index contributed by atoms with van der Waals surface area (Å²) in [4.78, 5) is 2.49. The largest absolute Gasteiger partial charge is 0.315 e. The topological polar surface area (TPSA) is 12.0 Å². The molecule has 0 radical (unpaired) electrons. The van der Waals surface area contributed by atoms with Crippen LogP contribution >= 0.6 is 11.3 Å². The van der Waals surface area contributed by atoms with E-state index in [1.165, 1.54) is 15.8 Å². The molecule has 0 aliphatic carbocycles. The monoisotopic (exact) mass is 235 g/mol. The van der Waals surface area contributed by atoms with Crippen molar-refractivity contribution in [3.05, 3.63) is 46.6 Å². The van der Waals surface area contributed by atoms with E-state index in [9.17, 15) is 4.39 Å². The molecular weight excluding hydrogens is 221 g/mol. The fraction of sp³-hybridized carbons (Fsp3) is 0.231. The van der Waals surface area contributed by atoms with Crippen molar-refractivity contribution in [2.24, 2.45) is 0 Å². The minimum atomic E-state index is -0.173. The van der Waals surface area contributed by atoms with Crippen LogP contribution in [0.3, 0.4) is 0 Å². The van der Waals surface area contributed by atoms with Gasteiger partial charge in [-0.1, -0.05) is 6.07 Å². The maximum atomic E-state index is 13.0. The van der Waals surface area contributed by atoms with Crippen LogP contribution in [0.5, 0.6) is 0 Å². The molecule has 0 aliphatic heterocycles. The Morgan fingerprint density at radius 3 is 2.75 bits per heavy atom. The van der Waals surface area contributed by atoms with Gasteiger partial charge in [-0.2, -0.15) is 0 Å². The van der Waals surface area contributed by atoms with Gasteiger partial charge in [0.1, 0.15) is 5.82 Å². The first-order valence-electron chi connectivity index (χ1n) is 5.20.